The molecule has 0 heterocycles. The first-order chi connectivity index (χ1) is 3.68. The molecule has 1 atom stereocenters. The molecule has 0 aliphatic heterocycles. The van der Waals surface area contributed by atoms with Gasteiger partial charge in [-0.25, -0.2) is 0 Å². The van der Waals surface area contributed by atoms with Crippen LogP contribution in [0.3, 0.4) is 0 Å². The van der Waals surface area contributed by atoms with Crippen molar-refractivity contribution >= 4 is 0 Å². The van der Waals surface area contributed by atoms with Gasteiger partial charge in [-0.15, -0.1) is 0 Å². The highest BCUT2D eigenvalue weighted by atomic mass is 16.5. The van der Waals surface area contributed by atoms with Gasteiger partial charge in [0.15, 0.2) is 0 Å². The molecule has 0 spiro atoms. The summed E-state index contributed by atoms with van der Waals surface area (Å²) in [6.45, 7) is 2.08. The van der Waals surface area contributed by atoms with Gasteiger partial charge in [0, 0.05) is 13.7 Å². The predicted octanol–water partition coefficient (Wildman–Crippen LogP) is -0.658. The molecule has 0 rings (SSSR count). The number of nitrogens with two attached hydrogens (primary N) is 1. The van der Waals surface area contributed by atoms with Gasteiger partial charge in [-0.3, -0.25) is 0 Å². The van der Waals surface area contributed by atoms with Crippen LogP contribution in [0.25, 0.3) is 0 Å². The molecule has 0 radical (unpaired) electrons. The molecular formula is C5H13NO2. The molecule has 50 valence electrons. The Hall–Kier alpha value is -0.120. The zero-order chi connectivity index (χ0) is 6.62. The van der Waals surface area contributed by atoms with Crippen molar-refractivity contribution in [1.82, 2.24) is 0 Å². The fourth-order valence-electron chi connectivity index (χ4n) is 0.212. The number of hydrogen-bond acceptors (Lipinski definition) is 3. The Balaban J connectivity index is 3.58. The van der Waals surface area contributed by atoms with E-state index in [4.69, 9.17) is 15.6 Å². The van der Waals surface area contributed by atoms with Gasteiger partial charge in [-0.2, -0.15) is 0 Å². The lowest BCUT2D eigenvalue weighted by molar-refractivity contribution is -0.0300. The number of hydrogen-bond donors (Lipinski definition) is 2. The molecule has 0 saturated heterocycles. The fraction of sp³-hybridized carbons (Fsp3) is 1.00. The minimum absolute atomic E-state index is 0.0278. The highest BCUT2D eigenvalue weighted by Crippen LogP contribution is 2.03. The Morgan fingerprint density at radius 3 is 2.25 bits per heavy atom. The average Bonchev–Trinajstić information content (AvgIpc) is 1.87. The third-order valence-electron chi connectivity index (χ3n) is 1.26. The summed E-state index contributed by atoms with van der Waals surface area (Å²) in [6.07, 6.45) is 0. The molecule has 0 aromatic rings. The normalized spacial score (nSPS) is 18.0. The van der Waals surface area contributed by atoms with Gasteiger partial charge in [0.25, 0.3) is 0 Å². The molecule has 3 nitrogen and oxygen atoms in total. The summed E-state index contributed by atoms with van der Waals surface area (Å²) in [7, 11) is 1.53. The molecular weight excluding hydrogens is 106 g/mol. The highest BCUT2D eigenvalue weighted by molar-refractivity contribution is 4.73. The molecule has 0 unspecified atom stereocenters. The summed E-state index contributed by atoms with van der Waals surface area (Å²) in [5.74, 6) is 0. The summed E-state index contributed by atoms with van der Waals surface area (Å²) in [5.41, 5.74) is 4.70. The largest absolute Gasteiger partial charge is 0.393 e. The van der Waals surface area contributed by atoms with Crippen LogP contribution < -0.4 is 5.73 Å². The first kappa shape index (κ1) is 7.88. The number of methoxy groups -OCH3 is 1. The molecule has 3 heteroatoms. The first-order valence-corrected chi connectivity index (χ1v) is 2.54. The van der Waals surface area contributed by atoms with Crippen molar-refractivity contribution in [3.8, 4) is 0 Å². The number of aliphatic hydroxyl groups excluding tert-OH is 1. The Bertz CT molecular complexity index is 53.2. The maximum atomic E-state index is 8.58. The highest BCUT2D eigenvalue weighted by Gasteiger charge is 2.18. The maximum absolute atomic E-state index is 8.58. The fourth-order valence-corrected chi connectivity index (χ4v) is 0.212. The lowest BCUT2D eigenvalue weighted by Gasteiger charge is -2.22. The molecule has 0 aliphatic carbocycles. The zero-order valence-electron chi connectivity index (χ0n) is 5.35. The van der Waals surface area contributed by atoms with E-state index in [0.29, 0.717) is 6.54 Å². The summed E-state index contributed by atoms with van der Waals surface area (Å²) >= 11 is 0. The summed E-state index contributed by atoms with van der Waals surface area (Å²) in [5, 5.41) is 8.58. The van der Waals surface area contributed by atoms with Crippen LogP contribution in [0.2, 0.25) is 0 Å². The Kier molecular flexibility index (Phi) is 2.97. The summed E-state index contributed by atoms with van der Waals surface area (Å²) < 4.78 is 4.86. The molecule has 0 aliphatic rings. The lowest BCUT2D eigenvalue weighted by atomic mass is 10.1. The van der Waals surface area contributed by atoms with E-state index in [1.54, 1.807) is 6.92 Å². The second-order valence-electron chi connectivity index (χ2n) is 2.02. The molecule has 0 fully saturated rings. The number of ether oxygens (including phenoxy) is 1. The van der Waals surface area contributed by atoms with E-state index >= 15 is 0 Å². The van der Waals surface area contributed by atoms with Crippen molar-refractivity contribution in [1.29, 1.82) is 0 Å². The van der Waals surface area contributed by atoms with Crippen molar-refractivity contribution in [3.63, 3.8) is 0 Å². The molecule has 8 heavy (non-hydrogen) atoms. The van der Waals surface area contributed by atoms with Gasteiger partial charge >= 0.3 is 0 Å². The van der Waals surface area contributed by atoms with E-state index in [1.165, 1.54) is 7.11 Å². The van der Waals surface area contributed by atoms with Crippen molar-refractivity contribution in [2.24, 2.45) is 5.73 Å². The topological polar surface area (TPSA) is 55.5 Å². The van der Waals surface area contributed by atoms with Crippen molar-refractivity contribution in [2.45, 2.75) is 12.5 Å². The van der Waals surface area contributed by atoms with E-state index in [-0.39, 0.29) is 6.61 Å². The standard InChI is InChI=1S/C5H13NO2/c1-5(3-6,4-7)8-2/h7H,3-4,6H2,1-2H3/t5-/m1/s1. The van der Waals surface area contributed by atoms with Crippen LogP contribution in [0.1, 0.15) is 6.92 Å². The van der Waals surface area contributed by atoms with Gasteiger partial charge in [0.2, 0.25) is 0 Å². The van der Waals surface area contributed by atoms with Crippen LogP contribution in [0.5, 0.6) is 0 Å². The maximum Gasteiger partial charge on any atom is 0.100 e. The van der Waals surface area contributed by atoms with Crippen LogP contribution in [-0.2, 0) is 4.74 Å². The minimum atomic E-state index is -0.542. The van der Waals surface area contributed by atoms with Crippen molar-refractivity contribution in [2.75, 3.05) is 20.3 Å². The second-order valence-corrected chi connectivity index (χ2v) is 2.02. The van der Waals surface area contributed by atoms with Gasteiger partial charge in [0.05, 0.1) is 6.61 Å². The van der Waals surface area contributed by atoms with Crippen LogP contribution in [-0.4, -0.2) is 31.0 Å². The molecule has 3 N–H and O–H groups in total. The van der Waals surface area contributed by atoms with Crippen LogP contribution in [0, 0.1) is 0 Å². The van der Waals surface area contributed by atoms with E-state index < -0.39 is 5.60 Å². The lowest BCUT2D eigenvalue weighted by Crippen LogP contribution is -2.40. The van der Waals surface area contributed by atoms with Crippen LogP contribution in [0.15, 0.2) is 0 Å². The Morgan fingerprint density at radius 1 is 1.75 bits per heavy atom. The van der Waals surface area contributed by atoms with Gasteiger partial charge in [-0.05, 0) is 6.92 Å². The molecule has 0 aromatic heterocycles. The zero-order valence-corrected chi connectivity index (χ0v) is 5.35. The van der Waals surface area contributed by atoms with Gasteiger partial charge < -0.3 is 15.6 Å². The second kappa shape index (κ2) is 3.02. The van der Waals surface area contributed by atoms with E-state index in [9.17, 15) is 0 Å². The Labute approximate surface area is 49.4 Å². The molecule has 0 saturated carbocycles. The predicted molar refractivity (Wildman–Crippen MR) is 31.6 cm³/mol. The van der Waals surface area contributed by atoms with E-state index in [1.807, 2.05) is 0 Å². The van der Waals surface area contributed by atoms with E-state index in [2.05, 4.69) is 0 Å². The van der Waals surface area contributed by atoms with Crippen molar-refractivity contribution < 1.29 is 9.84 Å². The van der Waals surface area contributed by atoms with Gasteiger partial charge in [-0.1, -0.05) is 0 Å². The van der Waals surface area contributed by atoms with Crippen LogP contribution >= 0.6 is 0 Å². The minimum Gasteiger partial charge on any atom is -0.393 e. The van der Waals surface area contributed by atoms with E-state index in [0.717, 1.165) is 0 Å². The van der Waals surface area contributed by atoms with Crippen LogP contribution in [0.4, 0.5) is 0 Å². The summed E-state index contributed by atoms with van der Waals surface area (Å²) in [6, 6.07) is 0. The quantitative estimate of drug-likeness (QED) is 0.518. The average molecular weight is 119 g/mol. The third-order valence-corrected chi connectivity index (χ3v) is 1.26. The molecule has 0 bridgehead atoms. The SMILES string of the molecule is CO[C@](C)(CN)CO. The smallest absolute Gasteiger partial charge is 0.100 e. The third kappa shape index (κ3) is 1.78. The first-order valence-electron chi connectivity index (χ1n) is 2.54. The monoisotopic (exact) mass is 119 g/mol. The number of rotatable bonds is 3. The van der Waals surface area contributed by atoms with Gasteiger partial charge in [0.1, 0.15) is 5.60 Å². The molecule has 0 amide bonds. The summed E-state index contributed by atoms with van der Waals surface area (Å²) in [4.78, 5) is 0. The van der Waals surface area contributed by atoms with Crippen molar-refractivity contribution in [3.05, 3.63) is 0 Å². The Morgan fingerprint density at radius 2 is 2.25 bits per heavy atom. The number of aliphatic hydroxyl groups is 1. The molecule has 0 aromatic carbocycles.